The van der Waals surface area contributed by atoms with E-state index in [4.69, 9.17) is 19.4 Å². The summed E-state index contributed by atoms with van der Waals surface area (Å²) >= 11 is 0. The lowest BCUT2D eigenvalue weighted by molar-refractivity contribution is -0.137. The van der Waals surface area contributed by atoms with Crippen LogP contribution in [0.4, 0.5) is 4.79 Å². The zero-order valence-corrected chi connectivity index (χ0v) is 28.4. The number of aromatic nitrogens is 4. The van der Waals surface area contributed by atoms with Gasteiger partial charge < -0.3 is 19.7 Å². The largest absolute Gasteiger partial charge is 0.456 e. The first-order valence-electron chi connectivity index (χ1n) is 17.0. The molecular formula is C39H40N6O5. The van der Waals surface area contributed by atoms with E-state index in [0.717, 1.165) is 47.5 Å². The molecule has 2 aliphatic rings. The van der Waals surface area contributed by atoms with Crippen LogP contribution < -0.4 is 15.6 Å². The number of nitrogens with one attached hydrogen (secondary N) is 2. The van der Waals surface area contributed by atoms with E-state index in [1.54, 1.807) is 39.2 Å². The number of amides is 2. The first-order chi connectivity index (χ1) is 24.1. The topological polar surface area (TPSA) is 139 Å². The molecule has 256 valence electrons. The van der Waals surface area contributed by atoms with Crippen molar-refractivity contribution in [3.63, 3.8) is 0 Å². The van der Waals surface area contributed by atoms with Gasteiger partial charge in [-0.15, -0.1) is 0 Å². The number of nitrogens with zero attached hydrogens (tertiary/aromatic N) is 4. The highest BCUT2D eigenvalue weighted by Crippen LogP contribution is 2.52. The smallest absolute Gasteiger partial charge is 0.407 e. The van der Waals surface area contributed by atoms with Crippen LogP contribution in [-0.2, 0) is 34.5 Å². The molecule has 1 atom stereocenters. The quantitative estimate of drug-likeness (QED) is 0.177. The van der Waals surface area contributed by atoms with E-state index in [1.807, 2.05) is 65.6 Å². The highest BCUT2D eigenvalue weighted by molar-refractivity contribution is 5.94. The Labute approximate surface area is 290 Å². The Morgan fingerprint density at radius 2 is 1.80 bits per heavy atom. The highest BCUT2D eigenvalue weighted by atomic mass is 16.6. The lowest BCUT2D eigenvalue weighted by Crippen LogP contribution is -2.43. The van der Waals surface area contributed by atoms with Gasteiger partial charge in [-0.25, -0.2) is 9.89 Å². The molecule has 2 aromatic carbocycles. The van der Waals surface area contributed by atoms with Gasteiger partial charge in [-0.05, 0) is 106 Å². The fourth-order valence-corrected chi connectivity index (χ4v) is 6.72. The monoisotopic (exact) mass is 672 g/mol. The van der Waals surface area contributed by atoms with Gasteiger partial charge in [-0.3, -0.25) is 19.6 Å². The number of hydrogen-bond acceptors (Lipinski definition) is 8. The van der Waals surface area contributed by atoms with Crippen molar-refractivity contribution in [1.29, 1.82) is 0 Å². The molecule has 0 saturated heterocycles. The van der Waals surface area contributed by atoms with Gasteiger partial charge in [0.2, 0.25) is 5.91 Å². The number of para-hydroxylation sites is 1. The zero-order chi connectivity index (χ0) is 34.9. The van der Waals surface area contributed by atoms with Crippen molar-refractivity contribution in [3.8, 4) is 11.5 Å². The van der Waals surface area contributed by atoms with Crippen LogP contribution in [0, 0.1) is 0 Å². The second-order valence-corrected chi connectivity index (χ2v) is 14.0. The second kappa shape index (κ2) is 13.4. The van der Waals surface area contributed by atoms with E-state index in [2.05, 4.69) is 21.6 Å². The molecular weight excluding hydrogens is 632 g/mol. The normalized spacial score (nSPS) is 16.3. The lowest BCUT2D eigenvalue weighted by Gasteiger charge is -2.37. The first kappa shape index (κ1) is 32.9. The molecule has 1 unspecified atom stereocenters. The van der Waals surface area contributed by atoms with E-state index >= 15 is 0 Å². The Kier molecular flexibility index (Phi) is 8.81. The van der Waals surface area contributed by atoms with Gasteiger partial charge >= 0.3 is 6.09 Å². The Morgan fingerprint density at radius 1 is 0.980 bits per heavy atom. The molecule has 0 aliphatic heterocycles. The highest BCUT2D eigenvalue weighted by Gasteiger charge is 2.54. The number of pyridine rings is 2. The van der Waals surface area contributed by atoms with E-state index in [-0.39, 0.29) is 24.1 Å². The van der Waals surface area contributed by atoms with Crippen molar-refractivity contribution in [2.24, 2.45) is 0 Å². The first-order valence-corrected chi connectivity index (χ1v) is 17.0. The molecule has 0 radical (unpaired) electrons. The number of carbonyl (C=O) groups is 2. The van der Waals surface area contributed by atoms with Gasteiger partial charge in [0.25, 0.3) is 5.56 Å². The molecule has 2 amide bonds. The fraction of sp³-hybridized carbons (Fsp3) is 0.333. The second-order valence-electron chi connectivity index (χ2n) is 14.0. The maximum Gasteiger partial charge on any atom is 0.407 e. The van der Waals surface area contributed by atoms with E-state index in [9.17, 15) is 14.4 Å². The van der Waals surface area contributed by atoms with Crippen molar-refractivity contribution in [3.05, 3.63) is 124 Å². The minimum Gasteiger partial charge on any atom is -0.456 e. The number of ether oxygens (including phenoxy) is 2. The molecule has 11 nitrogen and oxygen atoms in total. The number of H-pyrrole nitrogens is 1. The molecule has 2 aliphatic carbocycles. The Bertz CT molecular complexity index is 2090. The third kappa shape index (κ3) is 6.94. The minimum absolute atomic E-state index is 0.00186. The number of alkyl carbamates (subject to hydrolysis) is 1. The molecule has 7 rings (SSSR count). The summed E-state index contributed by atoms with van der Waals surface area (Å²) < 4.78 is 11.4. The van der Waals surface area contributed by atoms with Crippen LogP contribution in [0.25, 0.3) is 10.8 Å². The Hall–Kier alpha value is -5.58. The van der Waals surface area contributed by atoms with Crippen molar-refractivity contribution in [2.75, 3.05) is 0 Å². The number of rotatable bonds is 9. The van der Waals surface area contributed by atoms with Crippen LogP contribution >= 0.6 is 0 Å². The maximum atomic E-state index is 15.0. The van der Waals surface area contributed by atoms with Crippen molar-refractivity contribution < 1.29 is 19.1 Å². The standard InChI is InChI=1S/C39H40N6O5/c1-38(2,3)50-37(48)42-23-32-31-21-26(14-17-30(31)35(46)44-43-32)39(18-19-39)36(47)45(33-13-7-9-25-10-8-20-40-34(25)33)24-27-15-16-29(22-41-27)49-28-11-5-4-6-12-28/h4-6,8,10-12,14-17,20-22,33H,7,9,13,18-19,23-24H2,1-3H3,(H,42,48)(H,44,46). The summed E-state index contributed by atoms with van der Waals surface area (Å²) in [5.41, 5.74) is 2.31. The van der Waals surface area contributed by atoms with Crippen molar-refractivity contribution >= 4 is 22.8 Å². The molecule has 3 aromatic heterocycles. The minimum atomic E-state index is -0.782. The summed E-state index contributed by atoms with van der Waals surface area (Å²) in [6, 6.07) is 22.6. The van der Waals surface area contributed by atoms with Gasteiger partial charge in [0.1, 0.15) is 17.1 Å². The van der Waals surface area contributed by atoms with Crippen LogP contribution in [0.15, 0.2) is 90.0 Å². The van der Waals surface area contributed by atoms with Crippen LogP contribution in [0.3, 0.4) is 0 Å². The molecule has 5 aromatic rings. The third-order valence-corrected chi connectivity index (χ3v) is 9.29. The molecule has 11 heteroatoms. The van der Waals surface area contributed by atoms with E-state index < -0.39 is 17.1 Å². The zero-order valence-electron chi connectivity index (χ0n) is 28.4. The number of hydrogen-bond donors (Lipinski definition) is 2. The lowest BCUT2D eigenvalue weighted by atomic mass is 9.87. The van der Waals surface area contributed by atoms with Crippen LogP contribution in [0.1, 0.15) is 80.7 Å². The van der Waals surface area contributed by atoms with Crippen molar-refractivity contribution in [1.82, 2.24) is 30.4 Å². The van der Waals surface area contributed by atoms with Gasteiger partial charge in [0, 0.05) is 11.6 Å². The summed E-state index contributed by atoms with van der Waals surface area (Å²) in [4.78, 5) is 51.6. The molecule has 0 bridgehead atoms. The number of fused-ring (bicyclic) bond motifs is 2. The summed E-state index contributed by atoms with van der Waals surface area (Å²) in [5.74, 6) is 1.33. The average Bonchev–Trinajstić information content (AvgIpc) is 3.93. The molecule has 1 saturated carbocycles. The summed E-state index contributed by atoms with van der Waals surface area (Å²) in [6.07, 6.45) is 6.86. The number of benzene rings is 2. The number of carbonyl (C=O) groups excluding carboxylic acids is 2. The van der Waals surface area contributed by atoms with E-state index in [0.29, 0.717) is 41.6 Å². The summed E-state index contributed by atoms with van der Waals surface area (Å²) in [7, 11) is 0. The van der Waals surface area contributed by atoms with E-state index in [1.165, 1.54) is 0 Å². The average molecular weight is 673 g/mol. The molecule has 0 spiro atoms. The van der Waals surface area contributed by atoms with Gasteiger partial charge in [-0.2, -0.15) is 5.10 Å². The Morgan fingerprint density at radius 3 is 2.54 bits per heavy atom. The predicted molar refractivity (Wildman–Crippen MR) is 188 cm³/mol. The van der Waals surface area contributed by atoms with Crippen LogP contribution in [0.2, 0.25) is 0 Å². The van der Waals surface area contributed by atoms with Crippen molar-refractivity contribution in [2.45, 2.75) is 83.0 Å². The third-order valence-electron chi connectivity index (χ3n) is 9.29. The maximum absolute atomic E-state index is 15.0. The van der Waals surface area contributed by atoms with Crippen LogP contribution in [0.5, 0.6) is 11.5 Å². The summed E-state index contributed by atoms with van der Waals surface area (Å²) in [6.45, 7) is 5.70. The molecule has 1 fully saturated rings. The predicted octanol–water partition coefficient (Wildman–Crippen LogP) is 6.67. The fourth-order valence-electron chi connectivity index (χ4n) is 6.72. The SMILES string of the molecule is CC(C)(C)OC(=O)NCc1n[nH]c(=O)c2ccc(C3(C(=O)N(Cc4ccc(Oc5ccccc5)cn4)C4CCCc5cccnc54)CC3)cc12. The van der Waals surface area contributed by atoms with Gasteiger partial charge in [0.15, 0.2) is 0 Å². The molecule has 50 heavy (non-hydrogen) atoms. The Balaban J connectivity index is 1.21. The van der Waals surface area contributed by atoms with Gasteiger partial charge in [-0.1, -0.05) is 30.3 Å². The molecule has 3 heterocycles. The number of aryl methyl sites for hydroxylation is 1. The van der Waals surface area contributed by atoms with Crippen LogP contribution in [-0.4, -0.2) is 42.7 Å². The van der Waals surface area contributed by atoms with Gasteiger partial charge in [0.05, 0.1) is 53.2 Å². The summed E-state index contributed by atoms with van der Waals surface area (Å²) in [5, 5.41) is 10.5. The number of aromatic amines is 1. The molecule has 2 N–H and O–H groups in total.